The Balaban J connectivity index is 1.43. The lowest BCUT2D eigenvalue weighted by atomic mass is 9.92. The lowest BCUT2D eigenvalue weighted by molar-refractivity contribution is -0.113. The Kier molecular flexibility index (Phi) is 6.93. The average molecular weight is 467 g/mol. The van der Waals surface area contributed by atoms with E-state index in [0.29, 0.717) is 35.2 Å². The van der Waals surface area contributed by atoms with Gasteiger partial charge in [0, 0.05) is 12.7 Å². The average Bonchev–Trinajstić information content (AvgIpc) is 3.17. The number of carbonyl (C=O) groups is 1. The molecule has 2 heterocycles. The van der Waals surface area contributed by atoms with Gasteiger partial charge >= 0.3 is 0 Å². The molecule has 0 saturated heterocycles. The molecule has 1 N–H and O–H groups in total. The van der Waals surface area contributed by atoms with Crippen LogP contribution in [-0.2, 0) is 11.8 Å². The monoisotopic (exact) mass is 466 g/mol. The van der Waals surface area contributed by atoms with E-state index in [0.717, 1.165) is 22.6 Å². The Morgan fingerprint density at radius 2 is 1.73 bits per heavy atom. The van der Waals surface area contributed by atoms with E-state index in [9.17, 15) is 4.79 Å². The van der Waals surface area contributed by atoms with Gasteiger partial charge in [0.2, 0.25) is 5.91 Å². The van der Waals surface area contributed by atoms with Crippen molar-refractivity contribution >= 4 is 23.4 Å². The minimum Gasteiger partial charge on any atom is -0.485 e. The molecule has 0 bridgehead atoms. The Morgan fingerprint density at radius 3 is 2.39 bits per heavy atom. The number of thioether (sulfide) groups is 1. The smallest absolute Gasteiger partial charge is 0.234 e. The second-order valence-corrected chi connectivity index (χ2v) is 9.66. The molecule has 1 aromatic heterocycles. The summed E-state index contributed by atoms with van der Waals surface area (Å²) in [6.07, 6.45) is -0.355. The quantitative estimate of drug-likeness (QED) is 0.476. The highest BCUT2D eigenvalue weighted by molar-refractivity contribution is 7.99. The number of para-hydroxylation sites is 3. The van der Waals surface area contributed by atoms with Crippen molar-refractivity contribution in [3.8, 4) is 11.5 Å². The normalized spacial score (nSPS) is 15.2. The van der Waals surface area contributed by atoms with Crippen LogP contribution in [0.25, 0.3) is 0 Å². The number of nitrogens with one attached hydrogen (secondary N) is 1. The third kappa shape index (κ3) is 5.00. The van der Waals surface area contributed by atoms with Crippen LogP contribution >= 0.6 is 11.8 Å². The van der Waals surface area contributed by atoms with Gasteiger partial charge in [-0.15, -0.1) is 10.2 Å². The maximum atomic E-state index is 12.9. The molecule has 3 aromatic rings. The summed E-state index contributed by atoms with van der Waals surface area (Å²) in [6.45, 7) is 8.92. The van der Waals surface area contributed by atoms with Gasteiger partial charge in [-0.2, -0.15) is 0 Å². The molecule has 0 spiro atoms. The standard InChI is InChI=1S/C25H30N4O3S/c1-15(2)17-9-8-10-18(16(3)4)23(17)26-22(30)14-33-25-28-27-24(29(25)5)21-13-31-19-11-6-7-12-20(19)32-21/h6-12,15-16,21H,13-14H2,1-5H3,(H,26,30). The van der Waals surface area contributed by atoms with Crippen molar-refractivity contribution in [1.29, 1.82) is 0 Å². The first kappa shape index (κ1) is 23.2. The van der Waals surface area contributed by atoms with Crippen LogP contribution in [0.3, 0.4) is 0 Å². The van der Waals surface area contributed by atoms with Gasteiger partial charge < -0.3 is 19.4 Å². The third-order valence-electron chi connectivity index (χ3n) is 5.63. The van der Waals surface area contributed by atoms with Crippen LogP contribution in [-0.4, -0.2) is 33.0 Å². The van der Waals surface area contributed by atoms with E-state index in [-0.39, 0.29) is 17.8 Å². The minimum atomic E-state index is -0.355. The maximum absolute atomic E-state index is 12.9. The van der Waals surface area contributed by atoms with Gasteiger partial charge in [-0.3, -0.25) is 4.79 Å². The first-order valence-electron chi connectivity index (χ1n) is 11.2. The van der Waals surface area contributed by atoms with E-state index in [1.807, 2.05) is 35.9 Å². The van der Waals surface area contributed by atoms with Gasteiger partial charge in [0.15, 0.2) is 28.6 Å². The number of amides is 1. The first-order valence-corrected chi connectivity index (χ1v) is 12.2. The fourth-order valence-electron chi connectivity index (χ4n) is 3.88. The van der Waals surface area contributed by atoms with E-state index in [4.69, 9.17) is 9.47 Å². The third-order valence-corrected chi connectivity index (χ3v) is 6.66. The van der Waals surface area contributed by atoms with Crippen molar-refractivity contribution in [2.45, 2.75) is 50.8 Å². The number of anilines is 1. The molecule has 1 aliphatic rings. The van der Waals surface area contributed by atoms with Crippen LogP contribution in [0, 0.1) is 0 Å². The highest BCUT2D eigenvalue weighted by Crippen LogP contribution is 2.36. The van der Waals surface area contributed by atoms with E-state index in [1.54, 1.807) is 0 Å². The summed E-state index contributed by atoms with van der Waals surface area (Å²) in [5.41, 5.74) is 3.23. The van der Waals surface area contributed by atoms with E-state index >= 15 is 0 Å². The van der Waals surface area contributed by atoms with Crippen molar-refractivity contribution in [3.05, 3.63) is 59.4 Å². The van der Waals surface area contributed by atoms with Crippen LogP contribution in [0.15, 0.2) is 47.6 Å². The van der Waals surface area contributed by atoms with Crippen LogP contribution in [0.2, 0.25) is 0 Å². The summed E-state index contributed by atoms with van der Waals surface area (Å²) in [7, 11) is 1.88. The molecular formula is C25H30N4O3S. The SMILES string of the molecule is CC(C)c1cccc(C(C)C)c1NC(=O)CSc1nnc(C2COc3ccccc3O2)n1C. The van der Waals surface area contributed by atoms with Crippen molar-refractivity contribution in [3.63, 3.8) is 0 Å². The lowest BCUT2D eigenvalue weighted by Gasteiger charge is -2.25. The van der Waals surface area contributed by atoms with Crippen molar-refractivity contribution in [2.75, 3.05) is 17.7 Å². The zero-order chi connectivity index (χ0) is 23.5. The van der Waals surface area contributed by atoms with Crippen molar-refractivity contribution in [1.82, 2.24) is 14.8 Å². The Morgan fingerprint density at radius 1 is 1.06 bits per heavy atom. The molecule has 1 unspecified atom stereocenters. The summed E-state index contributed by atoms with van der Waals surface area (Å²) >= 11 is 1.35. The topological polar surface area (TPSA) is 78.3 Å². The molecule has 0 saturated carbocycles. The molecule has 2 aromatic carbocycles. The van der Waals surface area contributed by atoms with Crippen molar-refractivity contribution in [2.24, 2.45) is 7.05 Å². The predicted molar refractivity (Wildman–Crippen MR) is 130 cm³/mol. The second-order valence-electron chi connectivity index (χ2n) is 8.72. The molecule has 1 aliphatic heterocycles. The first-order chi connectivity index (χ1) is 15.8. The number of fused-ring (bicyclic) bond motifs is 1. The van der Waals surface area contributed by atoms with Gasteiger partial charge in [-0.1, -0.05) is 69.8 Å². The molecule has 0 radical (unpaired) electrons. The highest BCUT2D eigenvalue weighted by atomic mass is 32.2. The molecule has 1 atom stereocenters. The number of benzene rings is 2. The number of rotatable bonds is 7. The zero-order valence-electron chi connectivity index (χ0n) is 19.7. The molecule has 0 fully saturated rings. The molecule has 174 valence electrons. The van der Waals surface area contributed by atoms with E-state index < -0.39 is 0 Å². The zero-order valence-corrected chi connectivity index (χ0v) is 20.5. The van der Waals surface area contributed by atoms with Crippen LogP contribution in [0.1, 0.15) is 62.6 Å². The van der Waals surface area contributed by atoms with Crippen LogP contribution < -0.4 is 14.8 Å². The van der Waals surface area contributed by atoms with Gasteiger partial charge in [-0.25, -0.2) is 0 Å². The molecule has 0 aliphatic carbocycles. The number of carbonyl (C=O) groups excluding carboxylic acids is 1. The summed E-state index contributed by atoms with van der Waals surface area (Å²) in [5, 5.41) is 12.4. The number of hydrogen-bond acceptors (Lipinski definition) is 6. The number of nitrogens with zero attached hydrogens (tertiary/aromatic N) is 3. The molecule has 8 heteroatoms. The maximum Gasteiger partial charge on any atom is 0.234 e. The molecule has 7 nitrogen and oxygen atoms in total. The molecule has 4 rings (SSSR count). The predicted octanol–water partition coefficient (Wildman–Crippen LogP) is 5.31. The van der Waals surface area contributed by atoms with Gasteiger partial charge in [0.1, 0.15) is 6.61 Å². The summed E-state index contributed by atoms with van der Waals surface area (Å²) in [4.78, 5) is 12.9. The Bertz CT molecular complexity index is 1120. The summed E-state index contributed by atoms with van der Waals surface area (Å²) in [6, 6.07) is 13.8. The largest absolute Gasteiger partial charge is 0.485 e. The summed E-state index contributed by atoms with van der Waals surface area (Å²) in [5.74, 6) is 2.89. The van der Waals surface area contributed by atoms with Gasteiger partial charge in [0.05, 0.1) is 5.75 Å². The Hall–Kier alpha value is -3.00. The lowest BCUT2D eigenvalue weighted by Crippen LogP contribution is -2.24. The fraction of sp³-hybridized carbons (Fsp3) is 0.400. The minimum absolute atomic E-state index is 0.0641. The van der Waals surface area contributed by atoms with E-state index in [1.165, 1.54) is 11.8 Å². The molecular weight excluding hydrogens is 436 g/mol. The summed E-state index contributed by atoms with van der Waals surface area (Å²) < 4.78 is 13.7. The van der Waals surface area contributed by atoms with Gasteiger partial charge in [0.25, 0.3) is 0 Å². The van der Waals surface area contributed by atoms with Crippen molar-refractivity contribution < 1.29 is 14.3 Å². The van der Waals surface area contributed by atoms with Crippen LogP contribution in [0.4, 0.5) is 5.69 Å². The Labute approximate surface area is 198 Å². The van der Waals surface area contributed by atoms with Gasteiger partial charge in [-0.05, 0) is 35.1 Å². The number of ether oxygens (including phenoxy) is 2. The number of hydrogen-bond donors (Lipinski definition) is 1. The second kappa shape index (κ2) is 9.87. The fourth-order valence-corrected chi connectivity index (χ4v) is 4.60. The van der Waals surface area contributed by atoms with Crippen LogP contribution in [0.5, 0.6) is 11.5 Å². The highest BCUT2D eigenvalue weighted by Gasteiger charge is 2.27. The van der Waals surface area contributed by atoms with E-state index in [2.05, 4.69) is 61.4 Å². The molecule has 1 amide bonds. The number of aromatic nitrogens is 3. The molecule has 33 heavy (non-hydrogen) atoms.